The van der Waals surface area contributed by atoms with E-state index in [-0.39, 0.29) is 11.3 Å². The van der Waals surface area contributed by atoms with Crippen LogP contribution >= 0.6 is 11.3 Å². The van der Waals surface area contributed by atoms with Gasteiger partial charge in [0.05, 0.1) is 29.1 Å². The molecule has 5 nitrogen and oxygen atoms in total. The summed E-state index contributed by atoms with van der Waals surface area (Å²) in [7, 11) is 0. The van der Waals surface area contributed by atoms with Crippen LogP contribution in [0.5, 0.6) is 5.75 Å². The van der Waals surface area contributed by atoms with Crippen molar-refractivity contribution < 1.29 is 9.53 Å². The molecule has 2 heterocycles. The first-order valence-corrected chi connectivity index (χ1v) is 11.8. The van der Waals surface area contributed by atoms with Gasteiger partial charge in [0, 0.05) is 6.54 Å². The van der Waals surface area contributed by atoms with E-state index in [9.17, 15) is 4.79 Å². The van der Waals surface area contributed by atoms with Crippen molar-refractivity contribution in [3.05, 3.63) is 82.3 Å². The minimum absolute atomic E-state index is 0.0688. The molecule has 32 heavy (non-hydrogen) atoms. The number of aryl methyl sites for hydroxylation is 1. The zero-order valence-electron chi connectivity index (χ0n) is 18.8. The number of hydrogen-bond acceptors (Lipinski definition) is 4. The zero-order chi connectivity index (χ0) is 22.6. The highest BCUT2D eigenvalue weighted by atomic mass is 32.1. The first-order valence-electron chi connectivity index (χ1n) is 10.9. The molecule has 1 N–H and O–H groups in total. The fourth-order valence-electron chi connectivity index (χ4n) is 3.63. The number of rotatable bonds is 8. The molecule has 6 heteroatoms. The maximum atomic E-state index is 12.4. The highest BCUT2D eigenvalue weighted by Crippen LogP contribution is 2.24. The van der Waals surface area contributed by atoms with E-state index in [1.807, 2.05) is 47.8 Å². The average molecular weight is 448 g/mol. The molecule has 0 spiro atoms. The van der Waals surface area contributed by atoms with Crippen LogP contribution in [0.1, 0.15) is 48.3 Å². The molecule has 0 atom stereocenters. The van der Waals surface area contributed by atoms with Gasteiger partial charge in [-0.15, -0.1) is 11.3 Å². The Bertz CT molecular complexity index is 1170. The van der Waals surface area contributed by atoms with E-state index in [4.69, 9.17) is 9.72 Å². The molecule has 166 valence electrons. The highest BCUT2D eigenvalue weighted by Gasteiger charge is 2.14. The monoisotopic (exact) mass is 447 g/mol. The van der Waals surface area contributed by atoms with Gasteiger partial charge >= 0.3 is 0 Å². The van der Waals surface area contributed by atoms with Crippen LogP contribution in [0, 0.1) is 0 Å². The molecule has 0 unspecified atom stereocenters. The van der Waals surface area contributed by atoms with Crippen LogP contribution in [0.25, 0.3) is 11.0 Å². The van der Waals surface area contributed by atoms with Gasteiger partial charge in [-0.2, -0.15) is 0 Å². The summed E-state index contributed by atoms with van der Waals surface area (Å²) in [6.07, 6.45) is 0.841. The predicted molar refractivity (Wildman–Crippen MR) is 130 cm³/mol. The molecular weight excluding hydrogens is 418 g/mol. The highest BCUT2D eigenvalue weighted by molar-refractivity contribution is 7.12. The number of carbonyl (C=O) groups excluding carboxylic acids is 1. The fraction of sp³-hybridized carbons (Fsp3) is 0.308. The molecular formula is C26H29N3O2S. The lowest BCUT2D eigenvalue weighted by atomic mass is 9.87. The number of thiophene rings is 1. The van der Waals surface area contributed by atoms with Crippen molar-refractivity contribution in [2.75, 3.05) is 6.61 Å². The number of aromatic nitrogens is 2. The number of hydrogen-bond donors (Lipinski definition) is 1. The molecule has 0 saturated carbocycles. The van der Waals surface area contributed by atoms with Crippen molar-refractivity contribution in [2.24, 2.45) is 0 Å². The zero-order valence-corrected chi connectivity index (χ0v) is 19.6. The van der Waals surface area contributed by atoms with Gasteiger partial charge in [0.2, 0.25) is 0 Å². The molecule has 4 rings (SSSR count). The molecule has 0 saturated heterocycles. The number of amides is 1. The standard InChI is InChI=1S/C26H29N3O2S/c1-26(2,3)19-11-13-20(14-12-19)31-16-7-15-29-22-9-5-4-8-21(22)28-24(29)18-27-25(30)23-10-6-17-32-23/h4-6,8-14,17H,7,15-16,18H2,1-3H3,(H,27,30). The normalized spacial score (nSPS) is 11.6. The van der Waals surface area contributed by atoms with Crippen LogP contribution in [0.3, 0.4) is 0 Å². The Labute approximate surface area is 193 Å². The second-order valence-corrected chi connectivity index (χ2v) is 9.75. The van der Waals surface area contributed by atoms with Gasteiger partial charge in [-0.25, -0.2) is 4.98 Å². The molecule has 4 aromatic rings. The molecule has 0 radical (unpaired) electrons. The van der Waals surface area contributed by atoms with Gasteiger partial charge < -0.3 is 14.6 Å². The Morgan fingerprint density at radius 1 is 1.06 bits per heavy atom. The molecule has 0 fully saturated rings. The van der Waals surface area contributed by atoms with Crippen LogP contribution < -0.4 is 10.1 Å². The van der Waals surface area contributed by atoms with Crippen molar-refractivity contribution in [3.63, 3.8) is 0 Å². The third-order valence-corrected chi connectivity index (χ3v) is 6.27. The van der Waals surface area contributed by atoms with Crippen LogP contribution in [0.2, 0.25) is 0 Å². The summed E-state index contributed by atoms with van der Waals surface area (Å²) in [5, 5.41) is 4.90. The number of benzene rings is 2. The quantitative estimate of drug-likeness (QED) is 0.348. The first kappa shape index (κ1) is 22.1. The van der Waals surface area contributed by atoms with Crippen LogP contribution in [-0.2, 0) is 18.5 Å². The number of nitrogens with zero attached hydrogens (tertiary/aromatic N) is 2. The second-order valence-electron chi connectivity index (χ2n) is 8.80. The van der Waals surface area contributed by atoms with E-state index < -0.39 is 0 Å². The molecule has 0 aliphatic carbocycles. The fourth-order valence-corrected chi connectivity index (χ4v) is 4.27. The van der Waals surface area contributed by atoms with Gasteiger partial charge in [0.1, 0.15) is 11.6 Å². The topological polar surface area (TPSA) is 56.1 Å². The Kier molecular flexibility index (Phi) is 6.61. The Morgan fingerprint density at radius 2 is 1.84 bits per heavy atom. The number of fused-ring (bicyclic) bond motifs is 1. The summed E-state index contributed by atoms with van der Waals surface area (Å²) in [5.74, 6) is 1.67. The summed E-state index contributed by atoms with van der Waals surface area (Å²) < 4.78 is 8.15. The number of carbonyl (C=O) groups is 1. The summed E-state index contributed by atoms with van der Waals surface area (Å²) in [6, 6.07) is 20.1. The minimum atomic E-state index is -0.0688. The van der Waals surface area contributed by atoms with Crippen LogP contribution in [0.4, 0.5) is 0 Å². The van der Waals surface area contributed by atoms with E-state index in [1.54, 1.807) is 0 Å². The van der Waals surface area contributed by atoms with Crippen molar-refractivity contribution in [1.82, 2.24) is 14.9 Å². The van der Waals surface area contributed by atoms with Crippen LogP contribution in [-0.4, -0.2) is 22.1 Å². The SMILES string of the molecule is CC(C)(C)c1ccc(OCCCn2c(CNC(=O)c3cccs3)nc3ccccc32)cc1. The van der Waals surface area contributed by atoms with Gasteiger partial charge in [0.25, 0.3) is 5.91 Å². The van der Waals surface area contributed by atoms with E-state index in [0.717, 1.165) is 35.6 Å². The van der Waals surface area contributed by atoms with Crippen molar-refractivity contribution in [1.29, 1.82) is 0 Å². The number of para-hydroxylation sites is 2. The van der Waals surface area contributed by atoms with Gasteiger partial charge in [-0.05, 0) is 53.1 Å². The minimum Gasteiger partial charge on any atom is -0.494 e. The Balaban J connectivity index is 1.38. The first-order chi connectivity index (χ1) is 15.4. The van der Waals surface area contributed by atoms with Gasteiger partial charge in [-0.1, -0.05) is 51.1 Å². The maximum absolute atomic E-state index is 12.4. The van der Waals surface area contributed by atoms with Crippen molar-refractivity contribution in [3.8, 4) is 5.75 Å². The summed E-state index contributed by atoms with van der Waals surface area (Å²) in [4.78, 5) is 17.8. The lowest BCUT2D eigenvalue weighted by Crippen LogP contribution is -2.24. The van der Waals surface area contributed by atoms with Gasteiger partial charge in [-0.3, -0.25) is 4.79 Å². The Hall–Kier alpha value is -3.12. The Morgan fingerprint density at radius 3 is 2.56 bits per heavy atom. The summed E-state index contributed by atoms with van der Waals surface area (Å²) >= 11 is 1.44. The largest absolute Gasteiger partial charge is 0.494 e. The smallest absolute Gasteiger partial charge is 0.261 e. The molecule has 0 aliphatic rings. The number of imidazole rings is 1. The van der Waals surface area contributed by atoms with E-state index in [0.29, 0.717) is 18.0 Å². The molecule has 1 amide bonds. The van der Waals surface area contributed by atoms with Crippen molar-refractivity contribution >= 4 is 28.3 Å². The maximum Gasteiger partial charge on any atom is 0.261 e. The lowest BCUT2D eigenvalue weighted by molar-refractivity contribution is 0.0953. The van der Waals surface area contributed by atoms with Gasteiger partial charge in [0.15, 0.2) is 0 Å². The lowest BCUT2D eigenvalue weighted by Gasteiger charge is -2.19. The van der Waals surface area contributed by atoms with E-state index in [2.05, 4.69) is 48.9 Å². The van der Waals surface area contributed by atoms with Crippen molar-refractivity contribution in [2.45, 2.75) is 45.7 Å². The van der Waals surface area contributed by atoms with Crippen LogP contribution in [0.15, 0.2) is 66.0 Å². The third kappa shape index (κ3) is 5.19. The molecule has 2 aromatic heterocycles. The predicted octanol–water partition coefficient (Wildman–Crippen LogP) is 5.79. The number of nitrogens with one attached hydrogen (secondary N) is 1. The third-order valence-electron chi connectivity index (χ3n) is 5.40. The number of ether oxygens (including phenoxy) is 1. The molecule has 2 aromatic carbocycles. The summed E-state index contributed by atoms with van der Waals surface area (Å²) in [5.41, 5.74) is 3.44. The molecule has 0 bridgehead atoms. The van der Waals surface area contributed by atoms with E-state index >= 15 is 0 Å². The van der Waals surface area contributed by atoms with E-state index in [1.165, 1.54) is 16.9 Å². The second kappa shape index (κ2) is 9.57. The average Bonchev–Trinajstić information content (AvgIpc) is 3.43. The summed E-state index contributed by atoms with van der Waals surface area (Å²) in [6.45, 7) is 8.39. The molecule has 0 aliphatic heterocycles.